The molecule has 0 saturated heterocycles. The molecule has 1 atom stereocenters. The minimum atomic E-state index is 0.540. The molecule has 0 aromatic heterocycles. The molecule has 4 saturated carbocycles. The molecule has 4 bridgehead atoms. The summed E-state index contributed by atoms with van der Waals surface area (Å²) in [4.78, 5) is 0. The lowest BCUT2D eigenvalue weighted by atomic mass is 9.47. The van der Waals surface area contributed by atoms with Crippen molar-refractivity contribution in [2.75, 3.05) is 7.05 Å². The average Bonchev–Trinajstić information content (AvgIpc) is 2.46. The molecule has 1 heteroatoms. The Balaban J connectivity index is 1.70. The maximum Gasteiger partial charge on any atom is 0.00762 e. The SMILES string of the molecule is CNC(C)Cc1ccccc1C12CC3CC(CC(C3)C1)C2. The largest absolute Gasteiger partial charge is 0.317 e. The van der Waals surface area contributed by atoms with Gasteiger partial charge in [0.15, 0.2) is 0 Å². The van der Waals surface area contributed by atoms with Gasteiger partial charge in [-0.25, -0.2) is 0 Å². The van der Waals surface area contributed by atoms with Crippen LogP contribution >= 0.6 is 0 Å². The van der Waals surface area contributed by atoms with Gasteiger partial charge in [-0.15, -0.1) is 0 Å². The van der Waals surface area contributed by atoms with Gasteiger partial charge >= 0.3 is 0 Å². The van der Waals surface area contributed by atoms with E-state index < -0.39 is 0 Å². The maximum atomic E-state index is 3.41. The van der Waals surface area contributed by atoms with Crippen LogP contribution in [0.4, 0.5) is 0 Å². The molecule has 0 amide bonds. The molecule has 1 aromatic rings. The molecular formula is C20H29N. The van der Waals surface area contributed by atoms with Crippen molar-refractivity contribution >= 4 is 0 Å². The van der Waals surface area contributed by atoms with E-state index in [4.69, 9.17) is 0 Å². The van der Waals surface area contributed by atoms with E-state index in [9.17, 15) is 0 Å². The van der Waals surface area contributed by atoms with Crippen molar-refractivity contribution in [2.24, 2.45) is 17.8 Å². The highest BCUT2D eigenvalue weighted by molar-refractivity contribution is 5.37. The molecule has 4 aliphatic carbocycles. The van der Waals surface area contributed by atoms with Gasteiger partial charge in [-0.2, -0.15) is 0 Å². The maximum absolute atomic E-state index is 3.41. The minimum Gasteiger partial charge on any atom is -0.317 e. The monoisotopic (exact) mass is 283 g/mol. The van der Waals surface area contributed by atoms with E-state index in [0.29, 0.717) is 11.5 Å². The quantitative estimate of drug-likeness (QED) is 0.868. The van der Waals surface area contributed by atoms with Crippen LogP contribution in [0.15, 0.2) is 24.3 Å². The van der Waals surface area contributed by atoms with E-state index in [1.54, 1.807) is 11.1 Å². The molecule has 0 spiro atoms. The number of nitrogens with one attached hydrogen (secondary N) is 1. The molecule has 1 aromatic carbocycles. The first-order chi connectivity index (χ1) is 10.2. The summed E-state index contributed by atoms with van der Waals surface area (Å²) in [5.74, 6) is 3.10. The third-order valence-corrected chi connectivity index (χ3v) is 6.65. The fourth-order valence-electron chi connectivity index (χ4n) is 6.09. The van der Waals surface area contributed by atoms with E-state index in [-0.39, 0.29) is 0 Å². The Hall–Kier alpha value is -0.820. The summed E-state index contributed by atoms with van der Waals surface area (Å²) in [5.41, 5.74) is 3.87. The van der Waals surface area contributed by atoms with Crippen molar-refractivity contribution in [2.45, 2.75) is 63.3 Å². The number of hydrogen-bond donors (Lipinski definition) is 1. The van der Waals surface area contributed by atoms with Gasteiger partial charge in [0.1, 0.15) is 0 Å². The molecule has 5 rings (SSSR count). The molecule has 21 heavy (non-hydrogen) atoms. The van der Waals surface area contributed by atoms with Gasteiger partial charge in [0, 0.05) is 6.04 Å². The van der Waals surface area contributed by atoms with E-state index in [1.807, 2.05) is 0 Å². The van der Waals surface area contributed by atoms with E-state index in [0.717, 1.165) is 17.8 Å². The third kappa shape index (κ3) is 2.34. The summed E-state index contributed by atoms with van der Waals surface area (Å²) in [7, 11) is 2.08. The zero-order chi connectivity index (χ0) is 14.4. The molecule has 1 N–H and O–H groups in total. The van der Waals surface area contributed by atoms with Gasteiger partial charge in [-0.1, -0.05) is 24.3 Å². The number of benzene rings is 1. The topological polar surface area (TPSA) is 12.0 Å². The Morgan fingerprint density at radius 2 is 1.62 bits per heavy atom. The zero-order valence-corrected chi connectivity index (χ0v) is 13.6. The Labute approximate surface area is 129 Å². The predicted molar refractivity (Wildman–Crippen MR) is 88.5 cm³/mol. The molecule has 4 aliphatic rings. The molecule has 1 unspecified atom stereocenters. The van der Waals surface area contributed by atoms with Crippen LogP contribution in [-0.2, 0) is 11.8 Å². The first-order valence-corrected chi connectivity index (χ1v) is 8.94. The summed E-state index contributed by atoms with van der Waals surface area (Å²) in [6.07, 6.45) is 10.2. The van der Waals surface area contributed by atoms with Crippen molar-refractivity contribution in [1.29, 1.82) is 0 Å². The molecule has 0 heterocycles. The van der Waals surface area contributed by atoms with Crippen molar-refractivity contribution in [3.8, 4) is 0 Å². The average molecular weight is 283 g/mol. The fourth-order valence-corrected chi connectivity index (χ4v) is 6.09. The standard InChI is InChI=1S/C20H29N/c1-14(21-2)7-18-5-3-4-6-19(18)20-11-15-8-16(12-20)10-17(9-15)13-20/h3-6,14-17,21H,7-13H2,1-2H3. The fraction of sp³-hybridized carbons (Fsp3) is 0.700. The van der Waals surface area contributed by atoms with Gasteiger partial charge < -0.3 is 5.32 Å². The molecule has 1 nitrogen and oxygen atoms in total. The van der Waals surface area contributed by atoms with Gasteiger partial charge in [0.2, 0.25) is 0 Å². The first kappa shape index (κ1) is 13.8. The predicted octanol–water partition coefficient (Wildman–Crippen LogP) is 4.30. The van der Waals surface area contributed by atoms with Crippen LogP contribution in [0.2, 0.25) is 0 Å². The highest BCUT2D eigenvalue weighted by atomic mass is 14.8. The van der Waals surface area contributed by atoms with Crippen LogP contribution in [0.25, 0.3) is 0 Å². The third-order valence-electron chi connectivity index (χ3n) is 6.65. The Kier molecular flexibility index (Phi) is 3.37. The van der Waals surface area contributed by atoms with E-state index in [1.165, 1.54) is 44.9 Å². The zero-order valence-electron chi connectivity index (χ0n) is 13.6. The Morgan fingerprint density at radius 3 is 2.19 bits per heavy atom. The van der Waals surface area contributed by atoms with E-state index >= 15 is 0 Å². The summed E-state index contributed by atoms with van der Waals surface area (Å²) in [6.45, 7) is 2.30. The van der Waals surface area contributed by atoms with Crippen LogP contribution in [0.5, 0.6) is 0 Å². The number of hydrogen-bond acceptors (Lipinski definition) is 1. The second kappa shape index (κ2) is 5.12. The smallest absolute Gasteiger partial charge is 0.00762 e. The lowest BCUT2D eigenvalue weighted by Gasteiger charge is -2.57. The number of likely N-dealkylation sites (N-methyl/N-ethyl adjacent to an activating group) is 1. The summed E-state index contributed by atoms with van der Waals surface area (Å²) < 4.78 is 0. The summed E-state index contributed by atoms with van der Waals surface area (Å²) in [6, 6.07) is 9.94. The number of rotatable bonds is 4. The molecule has 4 fully saturated rings. The normalized spacial score (nSPS) is 38.7. The lowest BCUT2D eigenvalue weighted by Crippen LogP contribution is -2.49. The summed E-state index contributed by atoms with van der Waals surface area (Å²) in [5, 5.41) is 3.41. The van der Waals surface area contributed by atoms with Crippen LogP contribution in [0.1, 0.15) is 56.6 Å². The molecule has 0 aliphatic heterocycles. The van der Waals surface area contributed by atoms with Crippen LogP contribution in [0, 0.1) is 17.8 Å². The van der Waals surface area contributed by atoms with Crippen molar-refractivity contribution in [3.05, 3.63) is 35.4 Å². The van der Waals surface area contributed by atoms with Crippen LogP contribution in [0.3, 0.4) is 0 Å². The van der Waals surface area contributed by atoms with Gasteiger partial charge in [-0.05, 0) is 93.2 Å². The van der Waals surface area contributed by atoms with Gasteiger partial charge in [0.05, 0.1) is 0 Å². The van der Waals surface area contributed by atoms with Crippen molar-refractivity contribution in [3.63, 3.8) is 0 Å². The van der Waals surface area contributed by atoms with Crippen LogP contribution < -0.4 is 5.32 Å². The molecular weight excluding hydrogens is 254 g/mol. The van der Waals surface area contributed by atoms with Gasteiger partial charge in [0.25, 0.3) is 0 Å². The van der Waals surface area contributed by atoms with Crippen LogP contribution in [-0.4, -0.2) is 13.1 Å². The van der Waals surface area contributed by atoms with Crippen molar-refractivity contribution in [1.82, 2.24) is 5.32 Å². The van der Waals surface area contributed by atoms with Gasteiger partial charge in [-0.3, -0.25) is 0 Å². The molecule has 0 radical (unpaired) electrons. The van der Waals surface area contributed by atoms with Crippen molar-refractivity contribution < 1.29 is 0 Å². The summed E-state index contributed by atoms with van der Waals surface area (Å²) >= 11 is 0. The molecule has 114 valence electrons. The lowest BCUT2D eigenvalue weighted by molar-refractivity contribution is -0.00560. The second-order valence-electron chi connectivity index (χ2n) is 8.25. The highest BCUT2D eigenvalue weighted by Gasteiger charge is 2.51. The Morgan fingerprint density at radius 1 is 1.05 bits per heavy atom. The highest BCUT2D eigenvalue weighted by Crippen LogP contribution is 2.61. The Bertz CT molecular complexity index is 483. The minimum absolute atomic E-state index is 0.540. The first-order valence-electron chi connectivity index (χ1n) is 8.94. The van der Waals surface area contributed by atoms with E-state index in [2.05, 4.69) is 43.6 Å². The second-order valence-corrected chi connectivity index (χ2v) is 8.25.